The lowest BCUT2D eigenvalue weighted by atomic mass is 10.2. The summed E-state index contributed by atoms with van der Waals surface area (Å²) in [5.74, 6) is -4.77. The van der Waals surface area contributed by atoms with Gasteiger partial charge in [-0.25, -0.2) is 0 Å². The largest absolute Gasteiger partial charge is 0.861 e. The van der Waals surface area contributed by atoms with Gasteiger partial charge in [-0.15, -0.1) is 0 Å². The van der Waals surface area contributed by atoms with Gasteiger partial charge >= 0.3 is 11.9 Å². The van der Waals surface area contributed by atoms with E-state index in [1.54, 1.807) is 0 Å². The molecule has 0 amide bonds. The minimum absolute atomic E-state index is 0.0243. The highest BCUT2D eigenvalue weighted by Gasteiger charge is 2.15. The summed E-state index contributed by atoms with van der Waals surface area (Å²) in [4.78, 5) is 46.1. The molecule has 0 saturated carbocycles. The fourth-order valence-corrected chi connectivity index (χ4v) is 3.84. The van der Waals surface area contributed by atoms with Gasteiger partial charge < -0.3 is 30.3 Å². The number of aliphatic imine (C=N–C) groups is 2. The van der Waals surface area contributed by atoms with E-state index in [-0.39, 0.29) is 52.4 Å². The standard InChI is InChI=1S/C28H37N5O8/c34-24(29-15-22-7-3-1-4-8-22)17-32(20-27(38)39)13-11-31(19-26(36)37)12-14-33(21-28(40)41)18-25(35)30-16-23-9-5-2-6-10-23/h1-10H,11-21H2,(H,29,34)(H,30,35)(H,36,37)(H,38,39)(H,40,41)/p-3. The molecule has 0 spiro atoms. The van der Waals surface area contributed by atoms with Gasteiger partial charge in [0.05, 0.1) is 32.1 Å². The molecule has 2 aromatic rings. The molecule has 41 heavy (non-hydrogen) atoms. The monoisotopic (exact) mass is 568 g/mol. The van der Waals surface area contributed by atoms with E-state index in [0.717, 1.165) is 11.1 Å². The van der Waals surface area contributed by atoms with Crippen LogP contribution in [0, 0.1) is 0 Å². The summed E-state index contributed by atoms with van der Waals surface area (Å²) in [5.41, 5.74) is 1.64. The van der Waals surface area contributed by atoms with Crippen molar-refractivity contribution >= 4 is 29.7 Å². The maximum Gasteiger partial charge on any atom is 0.317 e. The molecule has 0 heterocycles. The van der Waals surface area contributed by atoms with Crippen molar-refractivity contribution < 1.29 is 39.9 Å². The lowest BCUT2D eigenvalue weighted by molar-refractivity contribution is -0.306. The molecule has 0 aliphatic carbocycles. The highest BCUT2D eigenvalue weighted by atomic mass is 16.4. The van der Waals surface area contributed by atoms with Crippen LogP contribution in [0.2, 0.25) is 0 Å². The van der Waals surface area contributed by atoms with Gasteiger partial charge in [-0.3, -0.25) is 34.3 Å². The van der Waals surface area contributed by atoms with Crippen molar-refractivity contribution in [3.8, 4) is 0 Å². The number of carboxylic acids is 3. The Balaban J connectivity index is 1.99. The number of nitrogens with zero attached hydrogens (tertiary/aromatic N) is 5. The summed E-state index contributed by atoms with van der Waals surface area (Å²) in [6.45, 7) is -1.57. The first-order valence-corrected chi connectivity index (χ1v) is 12.9. The highest BCUT2D eigenvalue weighted by molar-refractivity contribution is 5.76. The van der Waals surface area contributed by atoms with E-state index in [9.17, 15) is 39.9 Å². The Bertz CT molecular complexity index is 1080. The summed E-state index contributed by atoms with van der Waals surface area (Å²) in [5, 5.41) is 54.6. The normalized spacial score (nSPS) is 12.3. The molecule has 2 aromatic carbocycles. The molecule has 0 fully saturated rings. The molecule has 2 N–H and O–H groups in total. The SMILES string of the molecule is O=C([O-])CN(CCN(CC(=O)O)CC([O-])=NCc1ccccc1)CCN(CC(=O)O)CC([O-])=NCc1ccccc1. The van der Waals surface area contributed by atoms with Crippen LogP contribution in [0.25, 0.3) is 0 Å². The average molecular weight is 569 g/mol. The Kier molecular flexibility index (Phi) is 14.5. The zero-order chi connectivity index (χ0) is 30.0. The van der Waals surface area contributed by atoms with E-state index in [0.29, 0.717) is 0 Å². The first kappa shape index (κ1) is 32.9. The lowest BCUT2D eigenvalue weighted by Gasteiger charge is -2.30. The first-order chi connectivity index (χ1) is 19.6. The fourth-order valence-electron chi connectivity index (χ4n) is 3.84. The summed E-state index contributed by atoms with van der Waals surface area (Å²) < 4.78 is 0. The van der Waals surface area contributed by atoms with E-state index in [1.807, 2.05) is 60.7 Å². The van der Waals surface area contributed by atoms with Gasteiger partial charge in [0.2, 0.25) is 0 Å². The second-order valence-corrected chi connectivity index (χ2v) is 9.25. The van der Waals surface area contributed by atoms with E-state index in [1.165, 1.54) is 14.7 Å². The zero-order valence-corrected chi connectivity index (χ0v) is 22.6. The van der Waals surface area contributed by atoms with Crippen molar-refractivity contribution in [1.29, 1.82) is 0 Å². The van der Waals surface area contributed by atoms with Crippen LogP contribution in [0.4, 0.5) is 0 Å². The minimum atomic E-state index is -1.39. The Morgan fingerprint density at radius 3 is 1.27 bits per heavy atom. The number of rotatable bonds is 20. The van der Waals surface area contributed by atoms with Crippen LogP contribution >= 0.6 is 0 Å². The Morgan fingerprint density at radius 1 is 0.561 bits per heavy atom. The second kappa shape index (κ2) is 18.1. The van der Waals surface area contributed by atoms with Crippen LogP contribution in [-0.2, 0) is 27.5 Å². The predicted molar refractivity (Wildman–Crippen MR) is 145 cm³/mol. The Labute approximate surface area is 238 Å². The van der Waals surface area contributed by atoms with E-state index < -0.39 is 49.3 Å². The predicted octanol–water partition coefficient (Wildman–Crippen LogP) is -2.27. The molecule has 0 saturated heterocycles. The third-order valence-electron chi connectivity index (χ3n) is 5.81. The molecule has 222 valence electrons. The van der Waals surface area contributed by atoms with E-state index in [4.69, 9.17) is 0 Å². The fraction of sp³-hybridized carbons (Fsp3) is 0.393. The van der Waals surface area contributed by atoms with Gasteiger partial charge in [-0.1, -0.05) is 60.7 Å². The molecule has 0 aliphatic heterocycles. The summed E-state index contributed by atoms with van der Waals surface area (Å²) in [6, 6.07) is 18.1. The summed E-state index contributed by atoms with van der Waals surface area (Å²) in [7, 11) is 0. The Morgan fingerprint density at radius 2 is 0.927 bits per heavy atom. The lowest BCUT2D eigenvalue weighted by Crippen LogP contribution is -2.48. The molecular formula is C28H34N5O8-3. The van der Waals surface area contributed by atoms with Crippen molar-refractivity contribution in [2.24, 2.45) is 9.98 Å². The number of carbonyl (C=O) groups is 3. The maximum atomic E-state index is 12.4. The second-order valence-electron chi connectivity index (χ2n) is 9.25. The summed E-state index contributed by atoms with van der Waals surface area (Å²) in [6.07, 6.45) is 0. The van der Waals surface area contributed by atoms with Gasteiger partial charge in [-0.2, -0.15) is 0 Å². The quantitative estimate of drug-likeness (QED) is 0.129. The van der Waals surface area contributed by atoms with Crippen LogP contribution < -0.4 is 15.3 Å². The molecule has 0 unspecified atom stereocenters. The van der Waals surface area contributed by atoms with Crippen LogP contribution in [0.5, 0.6) is 0 Å². The number of carboxylic acid groups (broad SMARTS) is 3. The molecule has 0 atom stereocenters. The maximum absolute atomic E-state index is 12.4. The van der Waals surface area contributed by atoms with Crippen molar-refractivity contribution in [1.82, 2.24) is 14.7 Å². The molecular weight excluding hydrogens is 534 g/mol. The minimum Gasteiger partial charge on any atom is -0.861 e. The third kappa shape index (κ3) is 15.1. The number of hydrogen-bond acceptors (Lipinski definition) is 11. The van der Waals surface area contributed by atoms with E-state index >= 15 is 0 Å². The van der Waals surface area contributed by atoms with Gasteiger partial charge in [0.15, 0.2) is 0 Å². The molecule has 0 aliphatic rings. The van der Waals surface area contributed by atoms with Crippen molar-refractivity contribution in [2.45, 2.75) is 13.1 Å². The summed E-state index contributed by atoms with van der Waals surface area (Å²) >= 11 is 0. The number of carbonyl (C=O) groups excluding carboxylic acids is 1. The van der Waals surface area contributed by atoms with Crippen LogP contribution in [-0.4, -0.2) is 114 Å². The third-order valence-corrected chi connectivity index (χ3v) is 5.81. The molecule has 0 radical (unpaired) electrons. The zero-order valence-electron chi connectivity index (χ0n) is 22.6. The first-order valence-electron chi connectivity index (χ1n) is 12.9. The molecule has 13 nitrogen and oxygen atoms in total. The molecule has 0 aromatic heterocycles. The van der Waals surface area contributed by atoms with Gasteiger partial charge in [0.1, 0.15) is 0 Å². The average Bonchev–Trinajstić information content (AvgIpc) is 2.92. The van der Waals surface area contributed by atoms with Crippen LogP contribution in [0.3, 0.4) is 0 Å². The molecule has 0 bridgehead atoms. The topological polar surface area (TPSA) is 195 Å². The number of hydrogen-bond donors (Lipinski definition) is 2. The molecule has 13 heteroatoms. The van der Waals surface area contributed by atoms with Crippen LogP contribution in [0.1, 0.15) is 11.1 Å². The van der Waals surface area contributed by atoms with Crippen molar-refractivity contribution in [3.63, 3.8) is 0 Å². The molecule has 2 rings (SSSR count). The van der Waals surface area contributed by atoms with Crippen LogP contribution in [0.15, 0.2) is 70.6 Å². The van der Waals surface area contributed by atoms with Crippen molar-refractivity contribution in [3.05, 3.63) is 71.8 Å². The van der Waals surface area contributed by atoms with Gasteiger partial charge in [0, 0.05) is 45.8 Å². The van der Waals surface area contributed by atoms with Crippen molar-refractivity contribution in [2.75, 3.05) is 58.9 Å². The Hall–Kier alpha value is -4.33. The van der Waals surface area contributed by atoms with Gasteiger partial charge in [-0.05, 0) is 22.9 Å². The highest BCUT2D eigenvalue weighted by Crippen LogP contribution is 2.02. The number of benzene rings is 2. The number of aliphatic carboxylic acids is 3. The van der Waals surface area contributed by atoms with Gasteiger partial charge in [0.25, 0.3) is 0 Å². The van der Waals surface area contributed by atoms with E-state index in [2.05, 4.69) is 9.98 Å². The smallest absolute Gasteiger partial charge is 0.317 e.